The first-order valence-electron chi connectivity index (χ1n) is 18.5. The van der Waals surface area contributed by atoms with Crippen molar-refractivity contribution in [2.75, 3.05) is 11.4 Å². The molecule has 2 aromatic rings. The third-order valence-corrected chi connectivity index (χ3v) is 12.1. The number of anilines is 1. The van der Waals surface area contributed by atoms with Crippen molar-refractivity contribution in [3.05, 3.63) is 81.4 Å². The van der Waals surface area contributed by atoms with Crippen LogP contribution in [0.5, 0.6) is 0 Å². The molecule has 0 saturated heterocycles. The van der Waals surface area contributed by atoms with Crippen LogP contribution in [0.4, 0.5) is 11.4 Å². The third-order valence-electron chi connectivity index (χ3n) is 10.2. The maximum Gasteiger partial charge on any atom is 0.333 e. The zero-order chi connectivity index (χ0) is 34.6. The van der Waals surface area contributed by atoms with Crippen LogP contribution in [-0.2, 0) is 21.6 Å². The van der Waals surface area contributed by atoms with Crippen molar-refractivity contribution in [1.29, 1.82) is 0 Å². The van der Waals surface area contributed by atoms with E-state index in [9.17, 15) is 14.9 Å². The van der Waals surface area contributed by atoms with Crippen molar-refractivity contribution in [1.82, 2.24) is 0 Å². The number of thioether (sulfide) groups is 1. The fourth-order valence-electron chi connectivity index (χ4n) is 7.35. The van der Waals surface area contributed by atoms with Crippen molar-refractivity contribution in [2.45, 2.75) is 152 Å². The van der Waals surface area contributed by atoms with Crippen LogP contribution in [0.15, 0.2) is 59.5 Å². The number of non-ortho nitro benzene ring substituents is 1. The lowest BCUT2D eigenvalue weighted by Gasteiger charge is -2.47. The summed E-state index contributed by atoms with van der Waals surface area (Å²) >= 11 is 1.74. The van der Waals surface area contributed by atoms with Gasteiger partial charge in [-0.25, -0.2) is 4.79 Å². The Morgan fingerprint density at radius 2 is 1.46 bits per heavy atom. The van der Waals surface area contributed by atoms with Crippen molar-refractivity contribution < 1.29 is 14.5 Å². The Bertz CT molecular complexity index is 1430. The molecule has 2 heterocycles. The number of nitro benzene ring substituents is 1. The first-order chi connectivity index (χ1) is 23.1. The van der Waals surface area contributed by atoms with Gasteiger partial charge in [-0.15, -0.1) is 0 Å². The fourth-order valence-corrected chi connectivity index (χ4v) is 8.95. The summed E-state index contributed by atoms with van der Waals surface area (Å²) in [5.41, 5.74) is 4.05. The minimum absolute atomic E-state index is 0.00434. The SMILES string of the molecule is C=C(C)C(=O)OCc1cc([N+](=O)[O-])cc2c1SC1(C=C2)N(CCCCCCCCCCCCCCCCCC)c2ccccc2C1(C)C. The number of ether oxygens (including phenoxy) is 1. The van der Waals surface area contributed by atoms with Gasteiger partial charge in [0.2, 0.25) is 0 Å². The molecule has 2 aliphatic rings. The molecule has 0 aromatic heterocycles. The summed E-state index contributed by atoms with van der Waals surface area (Å²) in [5.74, 6) is -0.500. The average molecular weight is 675 g/mol. The van der Waals surface area contributed by atoms with E-state index in [0.29, 0.717) is 11.1 Å². The van der Waals surface area contributed by atoms with Crippen molar-refractivity contribution >= 4 is 35.2 Å². The van der Waals surface area contributed by atoms with Gasteiger partial charge in [0, 0.05) is 45.8 Å². The van der Waals surface area contributed by atoms with E-state index in [0.717, 1.165) is 23.4 Å². The third kappa shape index (κ3) is 9.13. The monoisotopic (exact) mass is 674 g/mol. The number of hydrogen-bond donors (Lipinski definition) is 0. The molecule has 0 fully saturated rings. The molecule has 0 aliphatic carbocycles. The summed E-state index contributed by atoms with van der Waals surface area (Å²) in [4.78, 5) is 26.8. The second kappa shape index (κ2) is 18.1. The number of unbranched alkanes of at least 4 members (excludes halogenated alkanes) is 15. The van der Waals surface area contributed by atoms with Gasteiger partial charge in [0.05, 0.1) is 4.92 Å². The van der Waals surface area contributed by atoms with Crippen LogP contribution in [0.2, 0.25) is 0 Å². The van der Waals surface area contributed by atoms with Crippen LogP contribution in [-0.4, -0.2) is 22.3 Å². The number of hydrogen-bond acceptors (Lipinski definition) is 6. The molecule has 262 valence electrons. The quantitative estimate of drug-likeness (QED) is 0.0431. The second-order valence-corrected chi connectivity index (χ2v) is 15.6. The molecule has 0 N–H and O–H groups in total. The van der Waals surface area contributed by atoms with Gasteiger partial charge >= 0.3 is 5.97 Å². The maximum atomic E-state index is 12.3. The van der Waals surface area contributed by atoms with Gasteiger partial charge in [-0.1, -0.05) is 160 Å². The second-order valence-electron chi connectivity index (χ2n) is 14.4. The Morgan fingerprint density at radius 3 is 2.02 bits per heavy atom. The van der Waals surface area contributed by atoms with Crippen LogP contribution >= 0.6 is 11.8 Å². The van der Waals surface area contributed by atoms with E-state index in [1.54, 1.807) is 30.8 Å². The lowest BCUT2D eigenvalue weighted by atomic mass is 9.79. The number of para-hydroxylation sites is 1. The summed E-state index contributed by atoms with van der Waals surface area (Å²) < 4.78 is 5.53. The first-order valence-corrected chi connectivity index (χ1v) is 19.3. The molecular formula is C41H58N2O4S. The van der Waals surface area contributed by atoms with Crippen molar-refractivity contribution in [3.63, 3.8) is 0 Å². The number of rotatable bonds is 21. The molecule has 6 nitrogen and oxygen atoms in total. The van der Waals surface area contributed by atoms with E-state index in [2.05, 4.69) is 62.6 Å². The van der Waals surface area contributed by atoms with Gasteiger partial charge in [0.25, 0.3) is 5.69 Å². The largest absolute Gasteiger partial charge is 0.457 e. The molecular weight excluding hydrogens is 617 g/mol. The van der Waals surface area contributed by atoms with Crippen LogP contribution < -0.4 is 4.90 Å². The Balaban J connectivity index is 1.35. The summed E-state index contributed by atoms with van der Waals surface area (Å²) in [5, 5.41) is 11.8. The molecule has 4 rings (SSSR count). The van der Waals surface area contributed by atoms with Gasteiger partial charge in [0.15, 0.2) is 0 Å². The molecule has 0 saturated carbocycles. The van der Waals surface area contributed by atoms with Gasteiger partial charge in [-0.05, 0) is 36.6 Å². The zero-order valence-electron chi connectivity index (χ0n) is 30.0. The number of esters is 1. The molecule has 7 heteroatoms. The molecule has 0 bridgehead atoms. The van der Waals surface area contributed by atoms with Gasteiger partial charge in [-0.2, -0.15) is 0 Å². The van der Waals surface area contributed by atoms with E-state index in [4.69, 9.17) is 4.74 Å². The highest BCUT2D eigenvalue weighted by atomic mass is 32.2. The van der Waals surface area contributed by atoms with Gasteiger partial charge < -0.3 is 9.64 Å². The maximum absolute atomic E-state index is 12.3. The van der Waals surface area contributed by atoms with Crippen LogP contribution in [0.1, 0.15) is 147 Å². The van der Waals surface area contributed by atoms with Crippen LogP contribution in [0.25, 0.3) is 6.08 Å². The first kappa shape index (κ1) is 37.8. The Labute approximate surface area is 293 Å². The average Bonchev–Trinajstić information content (AvgIpc) is 3.24. The standard InChI is InChI=1S/C41H58N2O4S/c1-6-7-8-9-10-11-12-13-14-15-16-17-18-19-20-23-28-42-37-25-22-21-24-36(37)40(4,5)41(42)27-26-33-29-35(43(45)46)30-34(38(33)48-41)31-47-39(44)32(2)3/h21-22,24-27,29-30H,2,6-20,23,28,31H2,1,3-5H3. The smallest absolute Gasteiger partial charge is 0.333 e. The molecule has 1 atom stereocenters. The summed E-state index contributed by atoms with van der Waals surface area (Å²) in [7, 11) is 0. The fraction of sp³-hybridized carbons (Fsp3) is 0.585. The molecule has 48 heavy (non-hydrogen) atoms. The van der Waals surface area contributed by atoms with E-state index in [1.165, 1.54) is 108 Å². The molecule has 0 amide bonds. The zero-order valence-corrected chi connectivity index (χ0v) is 30.8. The lowest BCUT2D eigenvalue weighted by molar-refractivity contribution is -0.385. The Morgan fingerprint density at radius 1 is 0.896 bits per heavy atom. The predicted octanol–water partition coefficient (Wildman–Crippen LogP) is 12.1. The number of carbonyl (C=O) groups is 1. The molecule has 1 unspecified atom stereocenters. The summed E-state index contributed by atoms with van der Waals surface area (Å²) in [6, 6.07) is 11.9. The van der Waals surface area contributed by atoms with Crippen LogP contribution in [0.3, 0.4) is 0 Å². The van der Waals surface area contributed by atoms with Crippen LogP contribution in [0, 0.1) is 10.1 Å². The Kier molecular flexibility index (Phi) is 14.2. The van der Waals surface area contributed by atoms with Crippen molar-refractivity contribution in [3.8, 4) is 0 Å². The number of nitrogens with zero attached hydrogens (tertiary/aromatic N) is 2. The number of fused-ring (bicyclic) bond motifs is 2. The van der Waals surface area contributed by atoms with Gasteiger partial charge in [0.1, 0.15) is 11.5 Å². The van der Waals surface area contributed by atoms with Gasteiger partial charge in [-0.3, -0.25) is 10.1 Å². The highest BCUT2D eigenvalue weighted by molar-refractivity contribution is 8.01. The van der Waals surface area contributed by atoms with E-state index in [1.807, 2.05) is 6.08 Å². The van der Waals surface area contributed by atoms with Crippen molar-refractivity contribution in [2.24, 2.45) is 0 Å². The number of nitro groups is 1. The molecule has 1 spiro atoms. The highest BCUT2D eigenvalue weighted by Gasteiger charge is 2.57. The predicted molar refractivity (Wildman–Crippen MR) is 202 cm³/mol. The number of benzene rings is 2. The normalized spacial score (nSPS) is 17.4. The number of carbonyl (C=O) groups excluding carboxylic acids is 1. The van der Waals surface area contributed by atoms with E-state index < -0.39 is 10.8 Å². The Hall–Kier alpha value is -3.06. The minimum atomic E-state index is -0.500. The molecule has 0 radical (unpaired) electrons. The van der Waals surface area contributed by atoms with E-state index in [-0.39, 0.29) is 22.6 Å². The topological polar surface area (TPSA) is 72.7 Å². The summed E-state index contributed by atoms with van der Waals surface area (Å²) in [6.45, 7) is 13.1. The lowest BCUT2D eigenvalue weighted by Crippen LogP contribution is -2.52. The molecule has 2 aliphatic heterocycles. The summed E-state index contributed by atoms with van der Waals surface area (Å²) in [6.07, 6.45) is 25.8. The molecule has 2 aromatic carbocycles. The minimum Gasteiger partial charge on any atom is -0.457 e. The van der Waals surface area contributed by atoms with E-state index >= 15 is 0 Å². The highest BCUT2D eigenvalue weighted by Crippen LogP contribution is 2.61.